The van der Waals surface area contributed by atoms with Gasteiger partial charge in [0, 0.05) is 29.3 Å². The summed E-state index contributed by atoms with van der Waals surface area (Å²) in [4.78, 5) is 3.27. The molecule has 21 heavy (non-hydrogen) atoms. The van der Waals surface area contributed by atoms with Gasteiger partial charge in [-0.3, -0.25) is 0 Å². The molecule has 2 atom stereocenters. The molecule has 2 aromatic rings. The molecule has 6 heteroatoms. The van der Waals surface area contributed by atoms with Crippen molar-refractivity contribution in [3.05, 3.63) is 24.4 Å². The van der Waals surface area contributed by atoms with Gasteiger partial charge in [-0.15, -0.1) is 0 Å². The van der Waals surface area contributed by atoms with Crippen molar-refractivity contribution in [1.29, 1.82) is 0 Å². The lowest BCUT2D eigenvalue weighted by Gasteiger charge is -2.11. The number of nitrogens with two attached hydrogens (primary N) is 1. The lowest BCUT2D eigenvalue weighted by atomic mass is 10.1. The fourth-order valence-electron chi connectivity index (χ4n) is 3.16. The number of nitrogens with one attached hydrogen (secondary N) is 2. The number of hydrogen-bond acceptors (Lipinski definition) is 3. The van der Waals surface area contributed by atoms with Crippen molar-refractivity contribution < 1.29 is 8.42 Å². The van der Waals surface area contributed by atoms with Crippen LogP contribution in [0.5, 0.6) is 0 Å². The van der Waals surface area contributed by atoms with Crippen LogP contribution in [0.1, 0.15) is 26.2 Å². The molecule has 1 aromatic heterocycles. The first-order valence-electron chi connectivity index (χ1n) is 7.32. The third-order valence-corrected chi connectivity index (χ3v) is 5.79. The largest absolute Gasteiger partial charge is 0.399 e. The number of H-pyrrole nitrogens is 1. The summed E-state index contributed by atoms with van der Waals surface area (Å²) >= 11 is 0. The number of nitrogen functional groups attached to an aromatic ring is 1. The molecule has 0 bridgehead atoms. The summed E-state index contributed by atoms with van der Waals surface area (Å²) < 4.78 is 27.7. The van der Waals surface area contributed by atoms with Gasteiger partial charge >= 0.3 is 0 Å². The van der Waals surface area contributed by atoms with Crippen molar-refractivity contribution in [2.45, 2.75) is 31.1 Å². The summed E-state index contributed by atoms with van der Waals surface area (Å²) in [5.74, 6) is 1.16. The minimum Gasteiger partial charge on any atom is -0.399 e. The number of sulfonamides is 1. The smallest absolute Gasteiger partial charge is 0.242 e. The van der Waals surface area contributed by atoms with E-state index in [0.717, 1.165) is 18.4 Å². The van der Waals surface area contributed by atoms with Gasteiger partial charge in [0.05, 0.1) is 0 Å². The van der Waals surface area contributed by atoms with Crippen LogP contribution in [0.4, 0.5) is 5.69 Å². The van der Waals surface area contributed by atoms with Crippen LogP contribution in [0.15, 0.2) is 29.3 Å². The number of aromatic amines is 1. The SMILES string of the molecule is CC1CCC(CNS(=O)(=O)c2c[nH]c3cc(N)ccc23)C1. The van der Waals surface area contributed by atoms with Crippen LogP contribution in [-0.2, 0) is 10.0 Å². The number of hydrogen-bond donors (Lipinski definition) is 3. The van der Waals surface area contributed by atoms with Crippen molar-refractivity contribution in [3.8, 4) is 0 Å². The fourth-order valence-corrected chi connectivity index (χ4v) is 4.45. The third kappa shape index (κ3) is 2.91. The molecule has 0 radical (unpaired) electrons. The summed E-state index contributed by atoms with van der Waals surface area (Å²) in [6.45, 7) is 2.74. The summed E-state index contributed by atoms with van der Waals surface area (Å²) in [6, 6.07) is 5.20. The Morgan fingerprint density at radius 3 is 2.90 bits per heavy atom. The Morgan fingerprint density at radius 2 is 2.19 bits per heavy atom. The molecule has 2 unspecified atom stereocenters. The molecule has 0 aliphatic heterocycles. The van der Waals surface area contributed by atoms with E-state index in [-0.39, 0.29) is 0 Å². The lowest BCUT2D eigenvalue weighted by Crippen LogP contribution is -2.28. The Labute approximate surface area is 125 Å². The average molecular weight is 307 g/mol. The van der Waals surface area contributed by atoms with Gasteiger partial charge < -0.3 is 10.7 Å². The number of fused-ring (bicyclic) bond motifs is 1. The summed E-state index contributed by atoms with van der Waals surface area (Å²) in [5, 5.41) is 0.677. The van der Waals surface area contributed by atoms with E-state index in [1.165, 1.54) is 12.6 Å². The molecule has 1 heterocycles. The second-order valence-electron chi connectivity index (χ2n) is 6.09. The van der Waals surface area contributed by atoms with Gasteiger partial charge in [-0.2, -0.15) is 0 Å². The highest BCUT2D eigenvalue weighted by atomic mass is 32.2. The second-order valence-corrected chi connectivity index (χ2v) is 7.83. The van der Waals surface area contributed by atoms with Crippen LogP contribution in [0.25, 0.3) is 10.9 Å². The average Bonchev–Trinajstić information content (AvgIpc) is 3.02. The molecule has 0 spiro atoms. The van der Waals surface area contributed by atoms with E-state index in [2.05, 4.69) is 16.6 Å². The van der Waals surface area contributed by atoms with E-state index < -0.39 is 10.0 Å². The topological polar surface area (TPSA) is 88.0 Å². The molecule has 1 saturated carbocycles. The first-order valence-corrected chi connectivity index (χ1v) is 8.80. The molecule has 4 N–H and O–H groups in total. The van der Waals surface area contributed by atoms with Crippen molar-refractivity contribution in [1.82, 2.24) is 9.71 Å². The van der Waals surface area contributed by atoms with Crippen LogP contribution < -0.4 is 10.5 Å². The number of aromatic nitrogens is 1. The van der Waals surface area contributed by atoms with Gasteiger partial charge in [0.15, 0.2) is 0 Å². The number of anilines is 1. The highest BCUT2D eigenvalue weighted by molar-refractivity contribution is 7.89. The highest BCUT2D eigenvalue weighted by Crippen LogP contribution is 2.30. The number of rotatable bonds is 4. The molecule has 0 amide bonds. The molecule has 1 aliphatic carbocycles. The van der Waals surface area contributed by atoms with E-state index >= 15 is 0 Å². The molecule has 114 valence electrons. The predicted molar refractivity (Wildman–Crippen MR) is 84.4 cm³/mol. The molecule has 0 saturated heterocycles. The van der Waals surface area contributed by atoms with Crippen LogP contribution in [0.3, 0.4) is 0 Å². The Balaban J connectivity index is 1.80. The first kappa shape index (κ1) is 14.4. The Kier molecular flexibility index (Phi) is 3.67. The Bertz CT molecular complexity index is 751. The van der Waals surface area contributed by atoms with E-state index in [1.807, 2.05) is 0 Å². The van der Waals surface area contributed by atoms with E-state index in [9.17, 15) is 8.42 Å². The summed E-state index contributed by atoms with van der Waals surface area (Å²) in [5.41, 5.74) is 7.06. The van der Waals surface area contributed by atoms with Gasteiger partial charge in [-0.25, -0.2) is 13.1 Å². The van der Waals surface area contributed by atoms with Gasteiger partial charge in [-0.1, -0.05) is 13.3 Å². The molecule has 1 aliphatic rings. The zero-order chi connectivity index (χ0) is 15.0. The molecule has 1 fully saturated rings. The monoisotopic (exact) mass is 307 g/mol. The third-order valence-electron chi connectivity index (χ3n) is 4.32. The zero-order valence-electron chi connectivity index (χ0n) is 12.1. The Hall–Kier alpha value is -1.53. The second kappa shape index (κ2) is 5.35. The van der Waals surface area contributed by atoms with Gasteiger partial charge in [0.1, 0.15) is 4.90 Å². The maximum absolute atomic E-state index is 12.5. The van der Waals surface area contributed by atoms with Gasteiger partial charge in [0.25, 0.3) is 0 Å². The van der Waals surface area contributed by atoms with E-state index in [1.54, 1.807) is 18.2 Å². The summed E-state index contributed by atoms with van der Waals surface area (Å²) in [6.07, 6.45) is 4.93. The zero-order valence-corrected chi connectivity index (χ0v) is 12.9. The van der Waals surface area contributed by atoms with Crippen molar-refractivity contribution >= 4 is 26.6 Å². The minimum atomic E-state index is -3.48. The van der Waals surface area contributed by atoms with Crippen LogP contribution >= 0.6 is 0 Å². The van der Waals surface area contributed by atoms with Crippen molar-refractivity contribution in [3.63, 3.8) is 0 Å². The van der Waals surface area contributed by atoms with Crippen molar-refractivity contribution in [2.24, 2.45) is 11.8 Å². The predicted octanol–water partition coefficient (Wildman–Crippen LogP) is 2.46. The molecule has 1 aromatic carbocycles. The standard InChI is InChI=1S/C15H21N3O2S/c1-10-2-3-11(6-10)8-18-21(19,20)15-9-17-14-7-12(16)4-5-13(14)15/h4-5,7,9-11,17-18H,2-3,6,8,16H2,1H3. The maximum atomic E-state index is 12.5. The van der Waals surface area contributed by atoms with Gasteiger partial charge in [0.2, 0.25) is 10.0 Å². The van der Waals surface area contributed by atoms with E-state index in [4.69, 9.17) is 5.73 Å². The highest BCUT2D eigenvalue weighted by Gasteiger charge is 2.24. The maximum Gasteiger partial charge on any atom is 0.242 e. The van der Waals surface area contributed by atoms with Crippen LogP contribution in [0.2, 0.25) is 0 Å². The van der Waals surface area contributed by atoms with Gasteiger partial charge in [-0.05, 0) is 42.9 Å². The number of benzene rings is 1. The summed E-state index contributed by atoms with van der Waals surface area (Å²) in [7, 11) is -3.48. The molecular weight excluding hydrogens is 286 g/mol. The first-order chi connectivity index (χ1) is 9.95. The lowest BCUT2D eigenvalue weighted by molar-refractivity contribution is 0.498. The molecular formula is C15H21N3O2S. The van der Waals surface area contributed by atoms with Crippen LogP contribution in [0, 0.1) is 11.8 Å². The minimum absolute atomic E-state index is 0.295. The van der Waals surface area contributed by atoms with Crippen LogP contribution in [-0.4, -0.2) is 19.9 Å². The quantitative estimate of drug-likeness (QED) is 0.758. The fraction of sp³-hybridized carbons (Fsp3) is 0.467. The Morgan fingerprint density at radius 1 is 1.38 bits per heavy atom. The molecule has 3 rings (SSSR count). The van der Waals surface area contributed by atoms with E-state index in [0.29, 0.717) is 34.3 Å². The van der Waals surface area contributed by atoms with Crippen molar-refractivity contribution in [2.75, 3.05) is 12.3 Å². The normalized spacial score (nSPS) is 22.9. The molecule has 5 nitrogen and oxygen atoms in total.